The summed E-state index contributed by atoms with van der Waals surface area (Å²) in [6.07, 6.45) is 0. The number of primary sulfonamides is 1. The molecule has 1 aliphatic heterocycles. The van der Waals surface area contributed by atoms with Gasteiger partial charge in [0.25, 0.3) is 0 Å². The van der Waals surface area contributed by atoms with E-state index in [2.05, 4.69) is 5.32 Å². The van der Waals surface area contributed by atoms with Crippen molar-refractivity contribution in [2.24, 2.45) is 5.14 Å². The van der Waals surface area contributed by atoms with Crippen LogP contribution in [0.1, 0.15) is 11.6 Å². The van der Waals surface area contributed by atoms with Crippen molar-refractivity contribution >= 4 is 15.7 Å². The van der Waals surface area contributed by atoms with Gasteiger partial charge in [-0.05, 0) is 30.3 Å². The lowest BCUT2D eigenvalue weighted by Gasteiger charge is -2.13. The average molecular weight is 290 g/mol. The second-order valence-corrected chi connectivity index (χ2v) is 6.18. The lowest BCUT2D eigenvalue weighted by Crippen LogP contribution is -2.13. The minimum absolute atomic E-state index is 0.0616. The van der Waals surface area contributed by atoms with Crippen molar-refractivity contribution in [2.75, 3.05) is 11.9 Å². The van der Waals surface area contributed by atoms with Gasteiger partial charge in [0, 0.05) is 11.3 Å². The van der Waals surface area contributed by atoms with E-state index in [0.29, 0.717) is 6.61 Å². The summed E-state index contributed by atoms with van der Waals surface area (Å²) in [5.74, 6) is 0.881. The molecule has 2 aromatic carbocycles. The monoisotopic (exact) mass is 290 g/mol. The fourth-order valence-electron chi connectivity index (χ4n) is 2.22. The first-order valence-corrected chi connectivity index (χ1v) is 7.70. The van der Waals surface area contributed by atoms with Gasteiger partial charge in [0.15, 0.2) is 0 Å². The van der Waals surface area contributed by atoms with Gasteiger partial charge in [0.1, 0.15) is 12.4 Å². The summed E-state index contributed by atoms with van der Waals surface area (Å²) in [5, 5.41) is 8.38. The Balaban J connectivity index is 1.80. The van der Waals surface area contributed by atoms with Crippen molar-refractivity contribution in [3.63, 3.8) is 0 Å². The standard InChI is InChI=1S/C14H14N2O3S/c15-20(17,18)11-7-5-10(6-8-11)16-13-9-19-14-4-2-1-3-12(13)14/h1-8,13,16H,9H2,(H2,15,17,18). The second-order valence-electron chi connectivity index (χ2n) is 4.62. The van der Waals surface area contributed by atoms with Gasteiger partial charge in [-0.15, -0.1) is 0 Å². The van der Waals surface area contributed by atoms with Crippen LogP contribution >= 0.6 is 0 Å². The minimum Gasteiger partial charge on any atom is -0.491 e. The molecule has 1 aliphatic rings. The van der Waals surface area contributed by atoms with Crippen molar-refractivity contribution in [1.82, 2.24) is 0 Å². The molecule has 5 nitrogen and oxygen atoms in total. The Hall–Kier alpha value is -2.05. The predicted molar refractivity (Wildman–Crippen MR) is 76.1 cm³/mol. The highest BCUT2D eigenvalue weighted by atomic mass is 32.2. The van der Waals surface area contributed by atoms with Crippen molar-refractivity contribution < 1.29 is 13.2 Å². The van der Waals surface area contributed by atoms with Gasteiger partial charge < -0.3 is 10.1 Å². The first-order chi connectivity index (χ1) is 9.54. The molecule has 2 aromatic rings. The summed E-state index contributed by atoms with van der Waals surface area (Å²) in [6, 6.07) is 14.3. The summed E-state index contributed by atoms with van der Waals surface area (Å²) in [4.78, 5) is 0.103. The van der Waals surface area contributed by atoms with Gasteiger partial charge in [-0.25, -0.2) is 13.6 Å². The second kappa shape index (κ2) is 4.81. The van der Waals surface area contributed by atoms with Gasteiger partial charge in [0.2, 0.25) is 10.0 Å². The maximum atomic E-state index is 11.2. The van der Waals surface area contributed by atoms with Gasteiger partial charge in [-0.1, -0.05) is 18.2 Å². The number of para-hydroxylation sites is 1. The van der Waals surface area contributed by atoms with Crippen molar-refractivity contribution in [3.05, 3.63) is 54.1 Å². The molecule has 0 aromatic heterocycles. The Morgan fingerprint density at radius 3 is 2.50 bits per heavy atom. The molecule has 104 valence electrons. The van der Waals surface area contributed by atoms with Crippen LogP contribution in [0.5, 0.6) is 5.75 Å². The van der Waals surface area contributed by atoms with Crippen LogP contribution in [-0.4, -0.2) is 15.0 Å². The predicted octanol–water partition coefficient (Wildman–Crippen LogP) is 1.88. The molecule has 1 atom stereocenters. The molecule has 0 radical (unpaired) electrons. The number of nitrogens with two attached hydrogens (primary N) is 1. The van der Waals surface area contributed by atoms with Crippen molar-refractivity contribution in [1.29, 1.82) is 0 Å². The Labute approximate surface area is 117 Å². The highest BCUT2D eigenvalue weighted by Crippen LogP contribution is 2.34. The van der Waals surface area contributed by atoms with Gasteiger partial charge in [-0.2, -0.15) is 0 Å². The zero-order chi connectivity index (χ0) is 14.2. The number of hydrogen-bond donors (Lipinski definition) is 2. The molecule has 0 saturated heterocycles. The van der Waals surface area contributed by atoms with Crippen molar-refractivity contribution in [2.45, 2.75) is 10.9 Å². The molecule has 1 unspecified atom stereocenters. The van der Waals surface area contributed by atoms with Crippen LogP contribution in [-0.2, 0) is 10.0 Å². The number of benzene rings is 2. The Kier molecular flexibility index (Phi) is 3.11. The summed E-state index contributed by atoms with van der Waals surface area (Å²) in [5.41, 5.74) is 1.92. The Morgan fingerprint density at radius 1 is 1.10 bits per heavy atom. The summed E-state index contributed by atoms with van der Waals surface area (Å²) < 4.78 is 28.0. The van der Waals surface area contributed by atoms with E-state index < -0.39 is 10.0 Å². The van der Waals surface area contributed by atoms with Crippen LogP contribution in [0.15, 0.2) is 53.4 Å². The third-order valence-corrected chi connectivity index (χ3v) is 4.15. The molecule has 0 bridgehead atoms. The highest BCUT2D eigenvalue weighted by molar-refractivity contribution is 7.89. The van der Waals surface area contributed by atoms with Gasteiger partial charge >= 0.3 is 0 Å². The maximum absolute atomic E-state index is 11.2. The zero-order valence-corrected chi connectivity index (χ0v) is 11.4. The van der Waals surface area contributed by atoms with E-state index in [1.165, 1.54) is 12.1 Å². The van der Waals surface area contributed by atoms with E-state index in [1.54, 1.807) is 12.1 Å². The lowest BCUT2D eigenvalue weighted by atomic mass is 10.1. The smallest absolute Gasteiger partial charge is 0.238 e. The van der Waals surface area contributed by atoms with Gasteiger partial charge in [-0.3, -0.25) is 0 Å². The van der Waals surface area contributed by atoms with E-state index in [1.807, 2.05) is 24.3 Å². The number of anilines is 1. The largest absolute Gasteiger partial charge is 0.491 e. The van der Waals surface area contributed by atoms with E-state index in [-0.39, 0.29) is 10.9 Å². The molecule has 3 N–H and O–H groups in total. The van der Waals surface area contributed by atoms with E-state index in [4.69, 9.17) is 9.88 Å². The summed E-state index contributed by atoms with van der Waals surface area (Å²) >= 11 is 0. The first-order valence-electron chi connectivity index (χ1n) is 6.15. The quantitative estimate of drug-likeness (QED) is 0.904. The molecule has 0 amide bonds. The lowest BCUT2D eigenvalue weighted by molar-refractivity contribution is 0.340. The topological polar surface area (TPSA) is 81.4 Å². The Morgan fingerprint density at radius 2 is 1.80 bits per heavy atom. The van der Waals surface area contributed by atoms with E-state index in [0.717, 1.165) is 17.0 Å². The zero-order valence-electron chi connectivity index (χ0n) is 10.6. The highest BCUT2D eigenvalue weighted by Gasteiger charge is 2.23. The number of nitrogens with one attached hydrogen (secondary N) is 1. The Bertz CT molecular complexity index is 726. The van der Waals surface area contributed by atoms with Crippen molar-refractivity contribution in [3.8, 4) is 5.75 Å². The number of ether oxygens (including phenoxy) is 1. The van der Waals surface area contributed by atoms with Crippen LogP contribution < -0.4 is 15.2 Å². The fourth-order valence-corrected chi connectivity index (χ4v) is 2.74. The molecule has 0 spiro atoms. The van der Waals surface area contributed by atoms with Crippen LogP contribution in [0.4, 0.5) is 5.69 Å². The third kappa shape index (κ3) is 2.48. The number of rotatable bonds is 3. The first kappa shape index (κ1) is 13.0. The van der Waals surface area contributed by atoms with Gasteiger partial charge in [0.05, 0.1) is 10.9 Å². The van der Waals surface area contributed by atoms with Crippen LogP contribution in [0.25, 0.3) is 0 Å². The molecular formula is C14H14N2O3S. The van der Waals surface area contributed by atoms with E-state index in [9.17, 15) is 8.42 Å². The normalized spacial score (nSPS) is 17.4. The molecule has 3 rings (SSSR count). The molecule has 20 heavy (non-hydrogen) atoms. The van der Waals surface area contributed by atoms with Crippen LogP contribution in [0, 0.1) is 0 Å². The molecular weight excluding hydrogens is 276 g/mol. The SMILES string of the molecule is NS(=O)(=O)c1ccc(NC2COc3ccccc32)cc1. The average Bonchev–Trinajstić information content (AvgIpc) is 2.82. The maximum Gasteiger partial charge on any atom is 0.238 e. The van der Waals surface area contributed by atoms with E-state index >= 15 is 0 Å². The number of sulfonamides is 1. The molecule has 0 fully saturated rings. The number of fused-ring (bicyclic) bond motifs is 1. The molecule has 6 heteroatoms. The number of hydrogen-bond acceptors (Lipinski definition) is 4. The fraction of sp³-hybridized carbons (Fsp3) is 0.143. The summed E-state index contributed by atoms with van der Waals surface area (Å²) in [7, 11) is -3.65. The third-order valence-electron chi connectivity index (χ3n) is 3.22. The van der Waals surface area contributed by atoms with Crippen LogP contribution in [0.3, 0.4) is 0 Å². The summed E-state index contributed by atoms with van der Waals surface area (Å²) in [6.45, 7) is 0.552. The van der Waals surface area contributed by atoms with Crippen LogP contribution in [0.2, 0.25) is 0 Å². The molecule has 0 aliphatic carbocycles. The molecule has 0 saturated carbocycles. The minimum atomic E-state index is -3.65. The molecule has 1 heterocycles.